The highest BCUT2D eigenvalue weighted by atomic mass is 15.1. The topological polar surface area (TPSA) is 3.24 Å². The van der Waals surface area contributed by atoms with Crippen LogP contribution in [0, 0.1) is 17.8 Å². The van der Waals surface area contributed by atoms with Crippen molar-refractivity contribution in [2.75, 3.05) is 19.6 Å². The second kappa shape index (κ2) is 3.28. The lowest BCUT2D eigenvalue weighted by molar-refractivity contribution is 0.131. The van der Waals surface area contributed by atoms with Crippen molar-refractivity contribution in [1.82, 2.24) is 4.90 Å². The van der Waals surface area contributed by atoms with Crippen molar-refractivity contribution in [3.63, 3.8) is 0 Å². The molecule has 0 N–H and O–H groups in total. The highest BCUT2D eigenvalue weighted by Gasteiger charge is 2.25. The summed E-state index contributed by atoms with van der Waals surface area (Å²) >= 11 is 0. The first-order chi connectivity index (χ1) is 5.14. The van der Waals surface area contributed by atoms with Crippen molar-refractivity contribution in [2.45, 2.75) is 26.7 Å². The van der Waals surface area contributed by atoms with Crippen LogP contribution in [0.4, 0.5) is 0 Å². The minimum Gasteiger partial charge on any atom is -0.292 e. The van der Waals surface area contributed by atoms with Gasteiger partial charge in [-0.2, -0.15) is 0 Å². The molecule has 1 aliphatic heterocycles. The Balaban J connectivity index is 2.41. The van der Waals surface area contributed by atoms with Crippen LogP contribution in [0.25, 0.3) is 0 Å². The quantitative estimate of drug-likeness (QED) is 0.516. The predicted octanol–water partition coefficient (Wildman–Crippen LogP) is 1.74. The van der Waals surface area contributed by atoms with Gasteiger partial charge < -0.3 is 0 Å². The highest BCUT2D eigenvalue weighted by molar-refractivity contribution is 4.91. The molecule has 62 valence electrons. The second-order valence-corrected chi connectivity index (χ2v) is 4.18. The molecule has 1 nitrogen and oxygen atoms in total. The summed E-state index contributed by atoms with van der Waals surface area (Å²) in [5.41, 5.74) is 0.481. The molecular formula is C10H17N. The molecule has 0 radical (unpaired) electrons. The zero-order valence-electron chi connectivity index (χ0n) is 7.56. The fourth-order valence-corrected chi connectivity index (χ4v) is 1.81. The zero-order valence-corrected chi connectivity index (χ0v) is 7.56. The van der Waals surface area contributed by atoms with E-state index in [0.717, 1.165) is 13.1 Å². The Morgan fingerprint density at radius 3 is 2.82 bits per heavy atom. The van der Waals surface area contributed by atoms with E-state index in [1.807, 2.05) is 0 Å². The molecule has 1 heterocycles. The van der Waals surface area contributed by atoms with E-state index in [4.69, 9.17) is 6.42 Å². The summed E-state index contributed by atoms with van der Waals surface area (Å²) in [6.45, 7) is 7.81. The molecule has 0 aromatic rings. The maximum Gasteiger partial charge on any atom is 0.0599 e. The van der Waals surface area contributed by atoms with Crippen LogP contribution in [0.15, 0.2) is 0 Å². The second-order valence-electron chi connectivity index (χ2n) is 4.18. The first-order valence-corrected chi connectivity index (χ1v) is 4.30. The van der Waals surface area contributed by atoms with Gasteiger partial charge in [-0.05, 0) is 24.8 Å². The Kier molecular flexibility index (Phi) is 2.57. The van der Waals surface area contributed by atoms with Crippen molar-refractivity contribution < 1.29 is 0 Å². The van der Waals surface area contributed by atoms with Gasteiger partial charge in [-0.1, -0.05) is 19.8 Å². The number of rotatable bonds is 1. The third kappa shape index (κ3) is 2.55. The van der Waals surface area contributed by atoms with Gasteiger partial charge in [0, 0.05) is 6.54 Å². The van der Waals surface area contributed by atoms with Crippen LogP contribution in [0.3, 0.4) is 0 Å². The third-order valence-corrected chi connectivity index (χ3v) is 2.29. The van der Waals surface area contributed by atoms with Crippen LogP contribution in [0.5, 0.6) is 0 Å². The van der Waals surface area contributed by atoms with Gasteiger partial charge in [-0.25, -0.2) is 0 Å². The normalized spacial score (nSPS) is 24.5. The van der Waals surface area contributed by atoms with E-state index >= 15 is 0 Å². The van der Waals surface area contributed by atoms with E-state index in [9.17, 15) is 0 Å². The van der Waals surface area contributed by atoms with Gasteiger partial charge in [0.25, 0.3) is 0 Å². The number of likely N-dealkylation sites (tertiary alicyclic amines) is 1. The first-order valence-electron chi connectivity index (χ1n) is 4.30. The number of hydrogen-bond donors (Lipinski definition) is 0. The number of nitrogens with zero attached hydrogens (tertiary/aromatic N) is 1. The maximum absolute atomic E-state index is 5.26. The van der Waals surface area contributed by atoms with Crippen molar-refractivity contribution in [3.8, 4) is 12.3 Å². The third-order valence-electron chi connectivity index (χ3n) is 2.29. The number of hydrogen-bond acceptors (Lipinski definition) is 1. The Morgan fingerprint density at radius 2 is 2.27 bits per heavy atom. The minimum atomic E-state index is 0.481. The van der Waals surface area contributed by atoms with Gasteiger partial charge in [0.15, 0.2) is 0 Å². The summed E-state index contributed by atoms with van der Waals surface area (Å²) in [5, 5.41) is 0. The monoisotopic (exact) mass is 151 g/mol. The lowest BCUT2D eigenvalue weighted by atomic mass is 9.84. The number of terminal acetylenes is 1. The first kappa shape index (κ1) is 8.62. The molecule has 0 aromatic carbocycles. The fraction of sp³-hybridized carbons (Fsp3) is 0.800. The summed E-state index contributed by atoms with van der Waals surface area (Å²) in [7, 11) is 0. The Morgan fingerprint density at radius 1 is 1.55 bits per heavy atom. The standard InChI is InChI=1S/C10H17N/c1-4-7-11-8-5-6-10(2,3)9-11/h1H,5-9H2,2-3H3. The minimum absolute atomic E-state index is 0.481. The molecular weight excluding hydrogens is 134 g/mol. The predicted molar refractivity (Wildman–Crippen MR) is 48.3 cm³/mol. The average molecular weight is 151 g/mol. The molecule has 0 unspecified atom stereocenters. The summed E-state index contributed by atoms with van der Waals surface area (Å²) in [4.78, 5) is 2.36. The SMILES string of the molecule is C#CCN1CCCC(C)(C)C1. The highest BCUT2D eigenvalue weighted by Crippen LogP contribution is 2.27. The maximum atomic E-state index is 5.26. The van der Waals surface area contributed by atoms with Gasteiger partial charge in [0.2, 0.25) is 0 Å². The smallest absolute Gasteiger partial charge is 0.0599 e. The van der Waals surface area contributed by atoms with E-state index < -0.39 is 0 Å². The molecule has 1 rings (SSSR count). The zero-order chi connectivity index (χ0) is 8.32. The van der Waals surface area contributed by atoms with Crippen molar-refractivity contribution >= 4 is 0 Å². The lowest BCUT2D eigenvalue weighted by Crippen LogP contribution is -2.40. The van der Waals surface area contributed by atoms with Crippen LogP contribution >= 0.6 is 0 Å². The van der Waals surface area contributed by atoms with Gasteiger partial charge in [-0.15, -0.1) is 6.42 Å². The van der Waals surface area contributed by atoms with Gasteiger partial charge in [-0.3, -0.25) is 4.90 Å². The summed E-state index contributed by atoms with van der Waals surface area (Å²) < 4.78 is 0. The van der Waals surface area contributed by atoms with Gasteiger partial charge in [0.1, 0.15) is 0 Å². The van der Waals surface area contributed by atoms with E-state index in [2.05, 4.69) is 24.7 Å². The molecule has 1 fully saturated rings. The van der Waals surface area contributed by atoms with Crippen molar-refractivity contribution in [2.24, 2.45) is 5.41 Å². The van der Waals surface area contributed by atoms with E-state index in [-0.39, 0.29) is 0 Å². The molecule has 1 heteroatoms. The molecule has 1 saturated heterocycles. The van der Waals surface area contributed by atoms with Crippen LogP contribution < -0.4 is 0 Å². The molecule has 1 aliphatic rings. The van der Waals surface area contributed by atoms with Crippen molar-refractivity contribution in [1.29, 1.82) is 0 Å². The van der Waals surface area contributed by atoms with Crippen molar-refractivity contribution in [3.05, 3.63) is 0 Å². The Hall–Kier alpha value is -0.480. The van der Waals surface area contributed by atoms with Crippen LogP contribution in [0.2, 0.25) is 0 Å². The molecule has 0 atom stereocenters. The average Bonchev–Trinajstić information content (AvgIpc) is 1.85. The van der Waals surface area contributed by atoms with E-state index in [1.165, 1.54) is 19.4 Å². The lowest BCUT2D eigenvalue weighted by Gasteiger charge is -2.36. The van der Waals surface area contributed by atoms with Crippen LogP contribution in [0.1, 0.15) is 26.7 Å². The van der Waals surface area contributed by atoms with E-state index in [1.54, 1.807) is 0 Å². The summed E-state index contributed by atoms with van der Waals surface area (Å²) in [6, 6.07) is 0. The van der Waals surface area contributed by atoms with Gasteiger partial charge in [0.05, 0.1) is 6.54 Å². The van der Waals surface area contributed by atoms with E-state index in [0.29, 0.717) is 5.41 Å². The Bertz CT molecular complexity index is 164. The molecule has 0 amide bonds. The largest absolute Gasteiger partial charge is 0.292 e. The summed E-state index contributed by atoms with van der Waals surface area (Å²) in [6.07, 6.45) is 7.90. The van der Waals surface area contributed by atoms with Crippen LogP contribution in [-0.2, 0) is 0 Å². The van der Waals surface area contributed by atoms with Gasteiger partial charge >= 0.3 is 0 Å². The Labute approximate surface area is 69.8 Å². The molecule has 0 aliphatic carbocycles. The molecule has 0 spiro atoms. The van der Waals surface area contributed by atoms with Crippen LogP contribution in [-0.4, -0.2) is 24.5 Å². The molecule has 0 bridgehead atoms. The molecule has 11 heavy (non-hydrogen) atoms. The number of piperidine rings is 1. The molecule has 0 aromatic heterocycles. The molecule has 0 saturated carbocycles. The fourth-order valence-electron chi connectivity index (χ4n) is 1.81. The summed E-state index contributed by atoms with van der Waals surface area (Å²) in [5.74, 6) is 2.70.